The molecule has 0 aliphatic heterocycles. The van der Waals surface area contributed by atoms with Crippen molar-refractivity contribution < 1.29 is 18.4 Å². The smallest absolute Gasteiger partial charge is 0.323 e. The van der Waals surface area contributed by atoms with Crippen LogP contribution in [0.2, 0.25) is 0 Å². The molecule has 2 aromatic heterocycles. The maximum Gasteiger partial charge on any atom is 0.323 e. The zero-order valence-electron chi connectivity index (χ0n) is 23.8. The SMILES string of the molecule is CC(=O)Nc1ccc(-c2nsc(NC(=O)N(CCc3ncccn3)CCC(c3ccc(F)cc3)c3ccc(F)cc3)n2)cc1. The second-order valence-electron chi connectivity index (χ2n) is 9.96. The molecular formula is C32H29F2N7O2S. The maximum absolute atomic E-state index is 13.7. The van der Waals surface area contributed by atoms with Gasteiger partial charge in [0.1, 0.15) is 17.5 Å². The number of benzene rings is 3. The van der Waals surface area contributed by atoms with Crippen LogP contribution in [0.15, 0.2) is 91.3 Å². The van der Waals surface area contributed by atoms with Crippen molar-refractivity contribution in [3.05, 3.63) is 120 Å². The third kappa shape index (κ3) is 8.26. The average Bonchev–Trinajstić information content (AvgIpc) is 3.49. The topological polar surface area (TPSA) is 113 Å². The van der Waals surface area contributed by atoms with Gasteiger partial charge in [-0.15, -0.1) is 0 Å². The van der Waals surface area contributed by atoms with Crippen LogP contribution >= 0.6 is 11.5 Å². The van der Waals surface area contributed by atoms with Crippen LogP contribution in [0.3, 0.4) is 0 Å². The number of rotatable bonds is 11. The number of nitrogens with zero attached hydrogens (tertiary/aromatic N) is 5. The van der Waals surface area contributed by atoms with Gasteiger partial charge in [0.25, 0.3) is 0 Å². The Bertz CT molecular complexity index is 1640. The van der Waals surface area contributed by atoms with Gasteiger partial charge in [-0.2, -0.15) is 9.36 Å². The summed E-state index contributed by atoms with van der Waals surface area (Å²) in [6.45, 7) is 2.09. The Balaban J connectivity index is 1.33. The summed E-state index contributed by atoms with van der Waals surface area (Å²) in [5.74, 6) is -0.0461. The van der Waals surface area contributed by atoms with Crippen molar-refractivity contribution in [2.24, 2.45) is 0 Å². The van der Waals surface area contributed by atoms with Crippen LogP contribution < -0.4 is 10.6 Å². The first-order valence-corrected chi connectivity index (χ1v) is 14.7. The lowest BCUT2D eigenvalue weighted by atomic mass is 9.88. The van der Waals surface area contributed by atoms with E-state index < -0.39 is 0 Å². The number of amides is 3. The van der Waals surface area contributed by atoms with E-state index in [4.69, 9.17) is 0 Å². The average molecular weight is 614 g/mol. The summed E-state index contributed by atoms with van der Waals surface area (Å²) >= 11 is 1.06. The number of aromatic nitrogens is 4. The normalized spacial score (nSPS) is 10.9. The number of hydrogen-bond donors (Lipinski definition) is 2. The first-order valence-electron chi connectivity index (χ1n) is 13.9. The van der Waals surface area contributed by atoms with Gasteiger partial charge in [0.05, 0.1) is 0 Å². The highest BCUT2D eigenvalue weighted by atomic mass is 32.1. The van der Waals surface area contributed by atoms with E-state index in [0.717, 1.165) is 28.2 Å². The maximum atomic E-state index is 13.7. The van der Waals surface area contributed by atoms with Gasteiger partial charge in [0.2, 0.25) is 11.0 Å². The lowest BCUT2D eigenvalue weighted by molar-refractivity contribution is -0.114. The van der Waals surface area contributed by atoms with Crippen LogP contribution in [-0.4, -0.2) is 49.3 Å². The predicted molar refractivity (Wildman–Crippen MR) is 165 cm³/mol. The van der Waals surface area contributed by atoms with Gasteiger partial charge in [0.15, 0.2) is 5.82 Å². The molecule has 9 nitrogen and oxygen atoms in total. The van der Waals surface area contributed by atoms with Gasteiger partial charge < -0.3 is 10.2 Å². The number of anilines is 2. The van der Waals surface area contributed by atoms with Crippen molar-refractivity contribution in [2.45, 2.75) is 25.7 Å². The molecule has 12 heteroatoms. The highest BCUT2D eigenvalue weighted by molar-refractivity contribution is 7.10. The van der Waals surface area contributed by atoms with E-state index in [0.29, 0.717) is 48.4 Å². The van der Waals surface area contributed by atoms with Crippen LogP contribution in [0.4, 0.5) is 24.4 Å². The standard InChI is InChI=1S/C32H29F2N7O2S/c1-21(42)37-27-13-7-24(8-14-27)30-38-31(44-40-30)39-32(43)41(20-16-29-35-17-2-18-36-29)19-15-28(22-3-9-25(33)10-4-22)23-5-11-26(34)12-6-23/h2-14,17-18,28H,15-16,19-20H2,1H3,(H,37,42)(H,38,39,40,43). The molecule has 3 aromatic carbocycles. The zero-order valence-corrected chi connectivity index (χ0v) is 24.6. The van der Waals surface area contributed by atoms with Crippen molar-refractivity contribution >= 4 is 34.3 Å². The largest absolute Gasteiger partial charge is 0.326 e. The van der Waals surface area contributed by atoms with E-state index in [-0.39, 0.29) is 29.5 Å². The van der Waals surface area contributed by atoms with E-state index in [9.17, 15) is 18.4 Å². The molecule has 0 fully saturated rings. The fraction of sp³-hybridized carbons (Fsp3) is 0.188. The Morgan fingerprint density at radius 2 is 1.45 bits per heavy atom. The monoisotopic (exact) mass is 613 g/mol. The summed E-state index contributed by atoms with van der Waals surface area (Å²) in [6.07, 6.45) is 4.21. The van der Waals surface area contributed by atoms with E-state index in [1.807, 2.05) is 0 Å². The summed E-state index contributed by atoms with van der Waals surface area (Å²) < 4.78 is 31.8. The van der Waals surface area contributed by atoms with E-state index >= 15 is 0 Å². The molecule has 44 heavy (non-hydrogen) atoms. The number of urea groups is 1. The van der Waals surface area contributed by atoms with Crippen molar-refractivity contribution in [1.29, 1.82) is 0 Å². The summed E-state index contributed by atoms with van der Waals surface area (Å²) in [4.78, 5) is 39.6. The molecule has 0 bridgehead atoms. The van der Waals surface area contributed by atoms with Gasteiger partial charge in [0, 0.05) is 67.5 Å². The fourth-order valence-corrected chi connectivity index (χ4v) is 5.26. The fourth-order valence-electron chi connectivity index (χ4n) is 4.68. The molecular weight excluding hydrogens is 584 g/mol. The van der Waals surface area contributed by atoms with Crippen LogP contribution in [0.25, 0.3) is 11.4 Å². The lowest BCUT2D eigenvalue weighted by Gasteiger charge is -2.26. The third-order valence-corrected chi connectivity index (χ3v) is 7.48. The summed E-state index contributed by atoms with van der Waals surface area (Å²) in [7, 11) is 0. The summed E-state index contributed by atoms with van der Waals surface area (Å²) in [6, 6.07) is 20.8. The molecule has 3 amide bonds. The number of halogens is 2. The molecule has 0 saturated carbocycles. The Morgan fingerprint density at radius 3 is 2.05 bits per heavy atom. The molecule has 0 saturated heterocycles. The predicted octanol–water partition coefficient (Wildman–Crippen LogP) is 6.53. The minimum Gasteiger partial charge on any atom is -0.326 e. The van der Waals surface area contributed by atoms with E-state index in [2.05, 4.69) is 30.0 Å². The van der Waals surface area contributed by atoms with E-state index in [1.54, 1.807) is 71.9 Å². The lowest BCUT2D eigenvalue weighted by Crippen LogP contribution is -2.38. The molecule has 5 rings (SSSR count). The van der Waals surface area contributed by atoms with Gasteiger partial charge in [-0.05, 0) is 72.1 Å². The second-order valence-corrected chi connectivity index (χ2v) is 10.7. The highest BCUT2D eigenvalue weighted by Gasteiger charge is 2.21. The van der Waals surface area contributed by atoms with Crippen molar-refractivity contribution in [3.8, 4) is 11.4 Å². The molecule has 0 aliphatic rings. The van der Waals surface area contributed by atoms with Crippen molar-refractivity contribution in [3.63, 3.8) is 0 Å². The molecule has 0 unspecified atom stereocenters. The number of nitrogens with one attached hydrogen (secondary N) is 2. The van der Waals surface area contributed by atoms with Crippen LogP contribution in [0.5, 0.6) is 0 Å². The van der Waals surface area contributed by atoms with E-state index in [1.165, 1.54) is 31.2 Å². The quantitative estimate of drug-likeness (QED) is 0.175. The van der Waals surface area contributed by atoms with Crippen LogP contribution in [0, 0.1) is 11.6 Å². The Labute approximate surface area is 257 Å². The van der Waals surface area contributed by atoms with Crippen LogP contribution in [-0.2, 0) is 11.2 Å². The van der Waals surface area contributed by atoms with Gasteiger partial charge in [-0.1, -0.05) is 24.3 Å². The number of carbonyl (C=O) groups is 2. The molecule has 2 heterocycles. The Kier molecular flexibility index (Phi) is 9.92. The minimum absolute atomic E-state index is 0.167. The highest BCUT2D eigenvalue weighted by Crippen LogP contribution is 2.29. The van der Waals surface area contributed by atoms with Crippen LogP contribution in [0.1, 0.15) is 36.2 Å². The van der Waals surface area contributed by atoms with Gasteiger partial charge in [-0.25, -0.2) is 23.5 Å². The summed E-state index contributed by atoms with van der Waals surface area (Å²) in [5.41, 5.74) is 3.09. The Morgan fingerprint density at radius 1 is 0.841 bits per heavy atom. The molecule has 224 valence electrons. The minimum atomic E-state index is -0.374. The number of carbonyl (C=O) groups excluding carboxylic acids is 2. The first-order chi connectivity index (χ1) is 21.3. The molecule has 5 aromatic rings. The molecule has 0 radical (unpaired) electrons. The number of hydrogen-bond acceptors (Lipinski definition) is 7. The third-order valence-electron chi connectivity index (χ3n) is 6.85. The molecule has 0 aliphatic carbocycles. The zero-order chi connectivity index (χ0) is 30.9. The van der Waals surface area contributed by atoms with Gasteiger partial charge >= 0.3 is 6.03 Å². The molecule has 2 N–H and O–H groups in total. The first kappa shape index (κ1) is 30.4. The summed E-state index contributed by atoms with van der Waals surface area (Å²) in [5, 5.41) is 5.90. The van der Waals surface area contributed by atoms with Crippen molar-refractivity contribution in [1.82, 2.24) is 24.2 Å². The Hall–Kier alpha value is -5.10. The molecule has 0 spiro atoms. The molecule has 0 atom stereocenters. The van der Waals surface area contributed by atoms with Gasteiger partial charge in [-0.3, -0.25) is 10.1 Å². The van der Waals surface area contributed by atoms with Crippen molar-refractivity contribution in [2.75, 3.05) is 23.7 Å². The second kappa shape index (κ2) is 14.4.